The first kappa shape index (κ1) is 18.8. The quantitative estimate of drug-likeness (QED) is 0.792. The maximum Gasteiger partial charge on any atom is 0.238 e. The molecule has 1 amide bonds. The van der Waals surface area contributed by atoms with Gasteiger partial charge in [0.15, 0.2) is 0 Å². The average molecular weight is 396 g/mol. The van der Waals surface area contributed by atoms with Crippen LogP contribution in [0.4, 0.5) is 15.8 Å². The van der Waals surface area contributed by atoms with E-state index in [-0.39, 0.29) is 23.7 Å². The first-order valence-electron chi connectivity index (χ1n) is 9.62. The number of thioether (sulfide) groups is 1. The molecule has 27 heavy (non-hydrogen) atoms. The number of nitrogens with one attached hydrogen (secondary N) is 1. The van der Waals surface area contributed by atoms with Crippen molar-refractivity contribution in [2.45, 2.75) is 31.8 Å². The zero-order valence-corrected chi connectivity index (χ0v) is 16.1. The minimum absolute atomic E-state index is 0.0533. The lowest BCUT2D eigenvalue weighted by molar-refractivity contribution is -0.124. The summed E-state index contributed by atoms with van der Waals surface area (Å²) >= 11 is 1.90. The van der Waals surface area contributed by atoms with E-state index in [1.807, 2.05) is 17.8 Å². The molecular weight excluding hydrogens is 369 g/mol. The second-order valence-corrected chi connectivity index (χ2v) is 8.57. The first-order chi connectivity index (χ1) is 13.1. The van der Waals surface area contributed by atoms with E-state index in [1.54, 1.807) is 11.0 Å². The summed E-state index contributed by atoms with van der Waals surface area (Å²) in [5, 5.41) is 13.1. The lowest BCUT2D eigenvalue weighted by Crippen LogP contribution is -2.35. The van der Waals surface area contributed by atoms with Crippen molar-refractivity contribution in [3.63, 3.8) is 0 Å². The van der Waals surface area contributed by atoms with Gasteiger partial charge in [0, 0.05) is 37.0 Å². The fourth-order valence-electron chi connectivity index (χ4n) is 3.57. The maximum absolute atomic E-state index is 14.7. The number of carbonyl (C=O) groups excluding carboxylic acids is 1. The van der Waals surface area contributed by atoms with Crippen LogP contribution in [0.1, 0.15) is 19.3 Å². The van der Waals surface area contributed by atoms with Crippen LogP contribution in [-0.4, -0.2) is 61.2 Å². The second kappa shape index (κ2) is 8.24. The summed E-state index contributed by atoms with van der Waals surface area (Å²) in [5.74, 6) is 2.04. The smallest absolute Gasteiger partial charge is 0.238 e. The Labute approximate surface area is 163 Å². The van der Waals surface area contributed by atoms with Crippen LogP contribution in [-0.2, 0) is 9.53 Å². The molecule has 1 aromatic carbocycles. The number of rotatable bonds is 5. The van der Waals surface area contributed by atoms with Crippen molar-refractivity contribution in [1.82, 2.24) is 5.32 Å². The van der Waals surface area contributed by atoms with Crippen molar-refractivity contribution in [2.24, 2.45) is 5.92 Å². The molecule has 0 aromatic heterocycles. The Balaban J connectivity index is 1.38. The van der Waals surface area contributed by atoms with Gasteiger partial charge in [-0.15, -0.1) is 0 Å². The zero-order chi connectivity index (χ0) is 18.8. The van der Waals surface area contributed by atoms with Gasteiger partial charge < -0.3 is 25.0 Å². The van der Waals surface area contributed by atoms with Crippen molar-refractivity contribution < 1.29 is 19.0 Å². The molecule has 2 N–H and O–H groups in total. The molecule has 2 heterocycles. The number of ether oxygens (including phenoxy) is 1. The molecule has 0 radical (unpaired) electrons. The lowest BCUT2D eigenvalue weighted by Gasteiger charge is -2.25. The Morgan fingerprint density at radius 3 is 2.96 bits per heavy atom. The van der Waals surface area contributed by atoms with Crippen LogP contribution in [0.15, 0.2) is 18.2 Å². The fourth-order valence-corrected chi connectivity index (χ4v) is 4.45. The molecule has 3 fully saturated rings. The molecule has 4 rings (SSSR count). The molecule has 2 atom stereocenters. The van der Waals surface area contributed by atoms with Gasteiger partial charge in [-0.05, 0) is 43.2 Å². The van der Waals surface area contributed by atoms with Crippen molar-refractivity contribution in [3.8, 4) is 0 Å². The lowest BCUT2D eigenvalue weighted by atomic mass is 10.2. The number of anilines is 2. The SMILES string of the molecule is O=C(NCC1CN(c2ccc(N3CCCSCC3)c(F)c2)C(O)O1)C1CC1. The third kappa shape index (κ3) is 4.50. The van der Waals surface area contributed by atoms with Gasteiger partial charge in [0.1, 0.15) is 5.82 Å². The van der Waals surface area contributed by atoms with E-state index in [2.05, 4.69) is 10.2 Å². The Bertz CT molecular complexity index is 680. The van der Waals surface area contributed by atoms with Gasteiger partial charge in [0.2, 0.25) is 12.3 Å². The topological polar surface area (TPSA) is 65.0 Å². The number of halogens is 1. The van der Waals surface area contributed by atoms with Gasteiger partial charge in [-0.25, -0.2) is 4.39 Å². The molecule has 8 heteroatoms. The Morgan fingerprint density at radius 1 is 1.33 bits per heavy atom. The van der Waals surface area contributed by atoms with Crippen LogP contribution in [0.3, 0.4) is 0 Å². The molecule has 2 aliphatic heterocycles. The summed E-state index contributed by atoms with van der Waals surface area (Å²) in [4.78, 5) is 15.5. The third-order valence-corrected chi connectivity index (χ3v) is 6.31. The molecule has 1 aromatic rings. The van der Waals surface area contributed by atoms with Crippen molar-refractivity contribution in [1.29, 1.82) is 0 Å². The monoisotopic (exact) mass is 395 g/mol. The Morgan fingerprint density at radius 2 is 2.19 bits per heavy atom. The van der Waals surface area contributed by atoms with Gasteiger partial charge in [0.05, 0.1) is 18.3 Å². The zero-order valence-electron chi connectivity index (χ0n) is 15.3. The van der Waals surface area contributed by atoms with Crippen molar-refractivity contribution in [2.75, 3.05) is 47.5 Å². The summed E-state index contributed by atoms with van der Waals surface area (Å²) in [6.45, 7) is 2.47. The number of hydrogen-bond donors (Lipinski definition) is 2. The predicted molar refractivity (Wildman–Crippen MR) is 105 cm³/mol. The summed E-state index contributed by atoms with van der Waals surface area (Å²) in [6.07, 6.45) is 1.51. The minimum Gasteiger partial charge on any atom is -0.368 e. The number of benzene rings is 1. The molecular formula is C19H26FN3O3S. The van der Waals surface area contributed by atoms with Gasteiger partial charge >= 0.3 is 0 Å². The van der Waals surface area contributed by atoms with Crippen molar-refractivity contribution in [3.05, 3.63) is 24.0 Å². The molecule has 1 aliphatic carbocycles. The fraction of sp³-hybridized carbons (Fsp3) is 0.632. The highest BCUT2D eigenvalue weighted by Gasteiger charge is 2.34. The van der Waals surface area contributed by atoms with E-state index in [0.29, 0.717) is 24.5 Å². The molecule has 2 saturated heterocycles. The normalized spacial score (nSPS) is 26.1. The minimum atomic E-state index is -1.13. The van der Waals surface area contributed by atoms with Crippen LogP contribution in [0.2, 0.25) is 0 Å². The highest BCUT2D eigenvalue weighted by molar-refractivity contribution is 7.99. The number of aliphatic hydroxyl groups excluding tert-OH is 1. The van der Waals surface area contributed by atoms with E-state index in [9.17, 15) is 14.3 Å². The number of aliphatic hydroxyl groups is 1. The summed E-state index contributed by atoms with van der Waals surface area (Å²) in [7, 11) is 0. The molecule has 1 saturated carbocycles. The van der Waals surface area contributed by atoms with E-state index in [1.165, 1.54) is 6.07 Å². The van der Waals surface area contributed by atoms with E-state index < -0.39 is 6.41 Å². The summed E-state index contributed by atoms with van der Waals surface area (Å²) in [5.41, 5.74) is 1.20. The highest BCUT2D eigenvalue weighted by atomic mass is 32.2. The molecule has 3 aliphatic rings. The third-order valence-electron chi connectivity index (χ3n) is 5.26. The number of amides is 1. The average Bonchev–Trinajstić information content (AvgIpc) is 3.46. The Kier molecular flexibility index (Phi) is 5.75. The summed E-state index contributed by atoms with van der Waals surface area (Å²) in [6, 6.07) is 5.08. The van der Waals surface area contributed by atoms with E-state index in [4.69, 9.17) is 4.74 Å². The highest BCUT2D eigenvalue weighted by Crippen LogP contribution is 2.31. The van der Waals surface area contributed by atoms with Gasteiger partial charge in [-0.1, -0.05) is 0 Å². The molecule has 2 unspecified atom stereocenters. The number of hydrogen-bond acceptors (Lipinski definition) is 6. The molecule has 148 valence electrons. The van der Waals surface area contributed by atoms with Gasteiger partial charge in [0.25, 0.3) is 0 Å². The number of carbonyl (C=O) groups is 1. The van der Waals surface area contributed by atoms with E-state index in [0.717, 1.165) is 43.9 Å². The van der Waals surface area contributed by atoms with Crippen molar-refractivity contribution >= 4 is 29.0 Å². The molecule has 0 bridgehead atoms. The van der Waals surface area contributed by atoms with Crippen LogP contribution in [0.5, 0.6) is 0 Å². The van der Waals surface area contributed by atoms with Crippen LogP contribution in [0.25, 0.3) is 0 Å². The summed E-state index contributed by atoms with van der Waals surface area (Å²) < 4.78 is 20.3. The van der Waals surface area contributed by atoms with Crippen LogP contribution < -0.4 is 15.1 Å². The largest absolute Gasteiger partial charge is 0.368 e. The first-order valence-corrected chi connectivity index (χ1v) is 10.8. The number of nitrogens with zero attached hydrogens (tertiary/aromatic N) is 2. The standard InChI is InChI=1S/C19H26FN3O3S/c20-16-10-14(4-5-17(16)22-6-1-8-27-9-7-22)23-12-15(26-19(23)25)11-21-18(24)13-2-3-13/h4-5,10,13,15,19,25H,1-3,6-9,11-12H2,(H,21,24). The molecule has 0 spiro atoms. The molecule has 6 nitrogen and oxygen atoms in total. The second-order valence-electron chi connectivity index (χ2n) is 7.34. The van der Waals surface area contributed by atoms with Gasteiger partial charge in [-0.3, -0.25) is 4.79 Å². The van der Waals surface area contributed by atoms with E-state index >= 15 is 0 Å². The maximum atomic E-state index is 14.7. The Hall–Kier alpha value is -1.51. The predicted octanol–water partition coefficient (Wildman–Crippen LogP) is 1.78. The van der Waals surface area contributed by atoms with Crippen LogP contribution in [0, 0.1) is 11.7 Å². The van der Waals surface area contributed by atoms with Crippen LogP contribution >= 0.6 is 11.8 Å². The van der Waals surface area contributed by atoms with Gasteiger partial charge in [-0.2, -0.15) is 11.8 Å².